The fraction of sp³-hybridized carbons (Fsp3) is 0.478. The molecule has 3 rings (SSSR count). The number of ether oxygens (including phenoxy) is 2. The maximum Gasteiger partial charge on any atom is 0.469 e. The minimum atomic E-state index is -4.50. The van der Waals surface area contributed by atoms with Gasteiger partial charge in [0, 0.05) is 12.0 Å². The van der Waals surface area contributed by atoms with Crippen molar-refractivity contribution >= 4 is 7.82 Å². The molecule has 2 aromatic rings. The number of hydrogen-bond donors (Lipinski definition) is 3. The van der Waals surface area contributed by atoms with Gasteiger partial charge in [0.05, 0.1) is 20.3 Å². The van der Waals surface area contributed by atoms with Crippen LogP contribution in [0.15, 0.2) is 36.4 Å². The van der Waals surface area contributed by atoms with E-state index in [1.165, 1.54) is 5.56 Å². The molecule has 0 saturated heterocycles. The van der Waals surface area contributed by atoms with Crippen molar-refractivity contribution in [3.63, 3.8) is 0 Å². The van der Waals surface area contributed by atoms with Crippen molar-refractivity contribution in [2.45, 2.75) is 51.0 Å². The maximum atomic E-state index is 11.0. The van der Waals surface area contributed by atoms with E-state index in [2.05, 4.69) is 16.7 Å². The van der Waals surface area contributed by atoms with E-state index in [1.807, 2.05) is 38.1 Å². The van der Waals surface area contributed by atoms with Crippen molar-refractivity contribution in [1.29, 1.82) is 0 Å². The second kappa shape index (κ2) is 9.72. The van der Waals surface area contributed by atoms with Crippen LogP contribution in [0.3, 0.4) is 0 Å². The fourth-order valence-electron chi connectivity index (χ4n) is 4.41. The average molecular weight is 449 g/mol. The highest BCUT2D eigenvalue weighted by Gasteiger charge is 2.38. The molecule has 0 aromatic heterocycles. The molecule has 1 aliphatic rings. The number of phosphoric acid groups is 1. The lowest BCUT2D eigenvalue weighted by Gasteiger charge is -2.24. The summed E-state index contributed by atoms with van der Waals surface area (Å²) in [5, 5.41) is 0. The fourth-order valence-corrected chi connectivity index (χ4v) is 4.84. The standard InChI is InChI=1S/C23H32NO6P/c1-16-12-18(13-17(2)22(16)28-3)9-11-29-21-6-4-19(5-7-21)20-8-10-23(24,14-20)15-30-31(25,26)27/h4-7,12-13,20H,8-11,14-15,24H2,1-3H3,(H2,25,26,27)/t20-,23-/m1/s1. The van der Waals surface area contributed by atoms with Crippen LogP contribution in [0.5, 0.6) is 11.5 Å². The third-order valence-electron chi connectivity index (χ3n) is 5.90. The molecule has 0 aliphatic heterocycles. The van der Waals surface area contributed by atoms with Gasteiger partial charge in [-0.05, 0) is 73.4 Å². The molecular weight excluding hydrogens is 417 g/mol. The van der Waals surface area contributed by atoms with Gasteiger partial charge in [0.1, 0.15) is 11.5 Å². The van der Waals surface area contributed by atoms with Crippen molar-refractivity contribution < 1.29 is 28.3 Å². The average Bonchev–Trinajstić information content (AvgIpc) is 3.09. The smallest absolute Gasteiger partial charge is 0.469 e. The third kappa shape index (κ3) is 6.55. The minimum Gasteiger partial charge on any atom is -0.496 e. The molecule has 170 valence electrons. The Morgan fingerprint density at radius 1 is 1.16 bits per heavy atom. The molecule has 0 bridgehead atoms. The highest BCUT2D eigenvalue weighted by molar-refractivity contribution is 7.46. The van der Waals surface area contributed by atoms with Gasteiger partial charge in [-0.3, -0.25) is 4.52 Å². The van der Waals surface area contributed by atoms with Gasteiger partial charge in [0.2, 0.25) is 0 Å². The van der Waals surface area contributed by atoms with Gasteiger partial charge in [-0.25, -0.2) is 4.57 Å². The molecule has 2 aromatic carbocycles. The van der Waals surface area contributed by atoms with Crippen molar-refractivity contribution in [2.75, 3.05) is 20.3 Å². The number of nitrogens with two attached hydrogens (primary N) is 1. The van der Waals surface area contributed by atoms with E-state index in [4.69, 9.17) is 25.0 Å². The van der Waals surface area contributed by atoms with E-state index < -0.39 is 13.4 Å². The molecule has 8 heteroatoms. The summed E-state index contributed by atoms with van der Waals surface area (Å²) < 4.78 is 26.9. The van der Waals surface area contributed by atoms with Crippen molar-refractivity contribution in [3.05, 3.63) is 58.7 Å². The van der Waals surface area contributed by atoms with Crippen LogP contribution in [0.25, 0.3) is 0 Å². The number of phosphoric ester groups is 1. The Balaban J connectivity index is 1.51. The van der Waals surface area contributed by atoms with Gasteiger partial charge in [0.15, 0.2) is 0 Å². The number of rotatable bonds is 9. The van der Waals surface area contributed by atoms with Gasteiger partial charge >= 0.3 is 7.82 Å². The molecule has 0 unspecified atom stereocenters. The summed E-state index contributed by atoms with van der Waals surface area (Å²) in [4.78, 5) is 17.8. The Labute approximate surface area is 183 Å². The van der Waals surface area contributed by atoms with Crippen LogP contribution in [-0.2, 0) is 15.5 Å². The molecule has 1 aliphatic carbocycles. The first-order valence-electron chi connectivity index (χ1n) is 10.4. The summed E-state index contributed by atoms with van der Waals surface area (Å²) in [6.07, 6.45) is 2.96. The molecule has 0 amide bonds. The summed E-state index contributed by atoms with van der Waals surface area (Å²) in [6.45, 7) is 4.54. The normalized spacial score (nSPS) is 21.3. The second-order valence-electron chi connectivity index (χ2n) is 8.50. The van der Waals surface area contributed by atoms with Crippen molar-refractivity contribution in [2.24, 2.45) is 5.73 Å². The number of aryl methyl sites for hydroxylation is 2. The van der Waals surface area contributed by atoms with Gasteiger partial charge in [-0.1, -0.05) is 24.3 Å². The van der Waals surface area contributed by atoms with Crippen molar-refractivity contribution in [1.82, 2.24) is 0 Å². The second-order valence-corrected chi connectivity index (χ2v) is 9.74. The Kier molecular flexibility index (Phi) is 7.45. The topological polar surface area (TPSA) is 111 Å². The van der Waals surface area contributed by atoms with Crippen LogP contribution in [0, 0.1) is 13.8 Å². The predicted octanol–water partition coefficient (Wildman–Crippen LogP) is 4.01. The zero-order chi connectivity index (χ0) is 22.6. The molecule has 0 spiro atoms. The quantitative estimate of drug-likeness (QED) is 0.496. The lowest BCUT2D eigenvalue weighted by molar-refractivity contribution is 0.153. The minimum absolute atomic E-state index is 0.140. The third-order valence-corrected chi connectivity index (χ3v) is 6.36. The summed E-state index contributed by atoms with van der Waals surface area (Å²) in [7, 11) is -2.81. The Morgan fingerprint density at radius 2 is 1.81 bits per heavy atom. The van der Waals surface area contributed by atoms with Gasteiger partial charge < -0.3 is 25.0 Å². The Morgan fingerprint density at radius 3 is 2.39 bits per heavy atom. The highest BCUT2D eigenvalue weighted by Crippen LogP contribution is 2.43. The van der Waals surface area contributed by atoms with Crippen molar-refractivity contribution in [3.8, 4) is 11.5 Å². The maximum absolute atomic E-state index is 11.0. The molecule has 7 nitrogen and oxygen atoms in total. The predicted molar refractivity (Wildman–Crippen MR) is 120 cm³/mol. The summed E-state index contributed by atoms with van der Waals surface area (Å²) in [5.74, 6) is 1.99. The molecule has 0 radical (unpaired) electrons. The van der Waals surface area contributed by atoms with Crippen LogP contribution >= 0.6 is 7.82 Å². The summed E-state index contributed by atoms with van der Waals surface area (Å²) in [6, 6.07) is 12.3. The lowest BCUT2D eigenvalue weighted by atomic mass is 9.94. The Hall–Kier alpha value is -1.89. The highest BCUT2D eigenvalue weighted by atomic mass is 31.2. The van der Waals surface area contributed by atoms with E-state index >= 15 is 0 Å². The molecule has 4 N–H and O–H groups in total. The molecule has 0 heterocycles. The van der Waals surface area contributed by atoms with Gasteiger partial charge in [0.25, 0.3) is 0 Å². The molecule has 31 heavy (non-hydrogen) atoms. The molecule has 1 saturated carbocycles. The number of benzene rings is 2. The number of hydrogen-bond acceptors (Lipinski definition) is 5. The first-order valence-corrected chi connectivity index (χ1v) is 12.0. The van der Waals surface area contributed by atoms with Crippen LogP contribution in [0.1, 0.15) is 47.4 Å². The summed E-state index contributed by atoms with van der Waals surface area (Å²) >= 11 is 0. The lowest BCUT2D eigenvalue weighted by Crippen LogP contribution is -2.41. The zero-order valence-corrected chi connectivity index (χ0v) is 19.2. The van der Waals surface area contributed by atoms with Gasteiger partial charge in [-0.15, -0.1) is 0 Å². The van der Waals surface area contributed by atoms with Crippen LogP contribution in [0.2, 0.25) is 0 Å². The molecule has 2 atom stereocenters. The van der Waals surface area contributed by atoms with Crippen LogP contribution < -0.4 is 15.2 Å². The SMILES string of the molecule is COc1c(C)cc(CCOc2ccc([C@@H]3CC[C@](N)(COP(=O)(O)O)C3)cc2)cc1C. The largest absolute Gasteiger partial charge is 0.496 e. The molecular formula is C23H32NO6P. The van der Waals surface area contributed by atoms with Crippen LogP contribution in [0.4, 0.5) is 0 Å². The van der Waals surface area contributed by atoms with E-state index in [0.29, 0.717) is 19.4 Å². The van der Waals surface area contributed by atoms with E-state index in [9.17, 15) is 4.57 Å². The molecule has 1 fully saturated rings. The number of methoxy groups -OCH3 is 1. The first-order chi connectivity index (χ1) is 14.6. The van der Waals surface area contributed by atoms with Crippen LogP contribution in [-0.4, -0.2) is 35.6 Å². The van der Waals surface area contributed by atoms with Gasteiger partial charge in [-0.2, -0.15) is 0 Å². The van der Waals surface area contributed by atoms with E-state index in [0.717, 1.165) is 41.0 Å². The first kappa shape index (κ1) is 23.8. The van der Waals surface area contributed by atoms with E-state index in [-0.39, 0.29) is 12.5 Å². The monoisotopic (exact) mass is 449 g/mol. The summed E-state index contributed by atoms with van der Waals surface area (Å²) in [5.41, 5.74) is 10.2. The Bertz CT molecular complexity index is 919. The van der Waals surface area contributed by atoms with E-state index in [1.54, 1.807) is 7.11 Å². The zero-order valence-electron chi connectivity index (χ0n) is 18.3.